The van der Waals surface area contributed by atoms with Crippen LogP contribution in [-0.4, -0.2) is 31.3 Å². The summed E-state index contributed by atoms with van der Waals surface area (Å²) in [4.78, 5) is 0.269. The summed E-state index contributed by atoms with van der Waals surface area (Å²) in [6, 6.07) is 8.56. The van der Waals surface area contributed by atoms with Crippen molar-refractivity contribution in [3.8, 4) is 0 Å². The Balaban J connectivity index is 1.92. The van der Waals surface area contributed by atoms with Gasteiger partial charge in [-0.25, -0.2) is 13.1 Å². The highest BCUT2D eigenvalue weighted by Crippen LogP contribution is 2.13. The molecule has 114 valence electrons. The fourth-order valence-electron chi connectivity index (χ4n) is 1.83. The quantitative estimate of drug-likeness (QED) is 0.778. The molecule has 1 aromatic heterocycles. The monoisotopic (exact) mass is 308 g/mol. The first-order chi connectivity index (χ1) is 10.1. The summed E-state index contributed by atoms with van der Waals surface area (Å²) < 4.78 is 28.5. The summed E-state index contributed by atoms with van der Waals surface area (Å²) in [5.41, 5.74) is 0.923. The van der Waals surface area contributed by atoms with Gasteiger partial charge in [0.1, 0.15) is 0 Å². The van der Waals surface area contributed by atoms with Crippen LogP contribution in [0.5, 0.6) is 0 Å². The van der Waals surface area contributed by atoms with Crippen LogP contribution in [0.3, 0.4) is 0 Å². The number of nitrogens with zero attached hydrogens (tertiary/aromatic N) is 2. The minimum absolute atomic E-state index is 0.269. The molecule has 0 bridgehead atoms. The van der Waals surface area contributed by atoms with Gasteiger partial charge < -0.3 is 5.32 Å². The largest absolute Gasteiger partial charge is 0.385 e. The highest BCUT2D eigenvalue weighted by atomic mass is 32.2. The van der Waals surface area contributed by atoms with E-state index in [0.717, 1.165) is 18.7 Å². The molecule has 0 unspecified atom stereocenters. The Morgan fingerprint density at radius 1 is 1.19 bits per heavy atom. The maximum Gasteiger partial charge on any atom is 0.240 e. The lowest BCUT2D eigenvalue weighted by Gasteiger charge is -2.09. The molecule has 6 nitrogen and oxygen atoms in total. The zero-order valence-electron chi connectivity index (χ0n) is 12.0. The standard InChI is InChI=1S/C14H20N4O2S/c1-2-8-15-13-4-6-14(7-5-13)21(19,20)17-10-12-18-11-3-9-16-18/h3-7,9,11,15,17H,2,8,10,12H2,1H3. The maximum atomic E-state index is 12.1. The zero-order valence-corrected chi connectivity index (χ0v) is 12.8. The van der Waals surface area contributed by atoms with Gasteiger partial charge in [0, 0.05) is 31.2 Å². The molecular formula is C14H20N4O2S. The third kappa shape index (κ3) is 4.57. The molecular weight excluding hydrogens is 288 g/mol. The number of hydrogen-bond acceptors (Lipinski definition) is 4. The van der Waals surface area contributed by atoms with Crippen LogP contribution in [0.1, 0.15) is 13.3 Å². The molecule has 0 radical (unpaired) electrons. The SMILES string of the molecule is CCCNc1ccc(S(=O)(=O)NCCn2cccn2)cc1. The molecule has 1 heterocycles. The number of aromatic nitrogens is 2. The van der Waals surface area contributed by atoms with Gasteiger partial charge in [0.2, 0.25) is 10.0 Å². The summed E-state index contributed by atoms with van der Waals surface area (Å²) in [5, 5.41) is 7.23. The summed E-state index contributed by atoms with van der Waals surface area (Å²) in [6.07, 6.45) is 4.48. The van der Waals surface area contributed by atoms with Crippen LogP contribution in [0.4, 0.5) is 5.69 Å². The molecule has 0 aliphatic rings. The van der Waals surface area contributed by atoms with Crippen molar-refractivity contribution in [2.75, 3.05) is 18.4 Å². The first kappa shape index (κ1) is 15.5. The van der Waals surface area contributed by atoms with Crippen LogP contribution in [0, 0.1) is 0 Å². The Morgan fingerprint density at radius 3 is 2.57 bits per heavy atom. The lowest BCUT2D eigenvalue weighted by atomic mass is 10.3. The molecule has 0 fully saturated rings. The normalized spacial score (nSPS) is 11.5. The molecule has 0 spiro atoms. The Kier molecular flexibility index (Phi) is 5.35. The lowest BCUT2D eigenvalue weighted by molar-refractivity contribution is 0.561. The van der Waals surface area contributed by atoms with Gasteiger partial charge >= 0.3 is 0 Å². The van der Waals surface area contributed by atoms with Gasteiger partial charge in [-0.05, 0) is 36.8 Å². The van der Waals surface area contributed by atoms with Crippen molar-refractivity contribution in [2.45, 2.75) is 24.8 Å². The summed E-state index contributed by atoms with van der Waals surface area (Å²) in [5.74, 6) is 0. The van der Waals surface area contributed by atoms with E-state index in [1.165, 1.54) is 0 Å². The van der Waals surface area contributed by atoms with Crippen LogP contribution in [-0.2, 0) is 16.6 Å². The summed E-state index contributed by atoms with van der Waals surface area (Å²) in [6.45, 7) is 3.76. The zero-order chi connectivity index (χ0) is 15.1. The van der Waals surface area contributed by atoms with E-state index in [0.29, 0.717) is 13.1 Å². The second-order valence-electron chi connectivity index (χ2n) is 4.62. The van der Waals surface area contributed by atoms with E-state index >= 15 is 0 Å². The fourth-order valence-corrected chi connectivity index (χ4v) is 2.85. The Morgan fingerprint density at radius 2 is 1.95 bits per heavy atom. The molecule has 2 N–H and O–H groups in total. The number of benzene rings is 1. The highest BCUT2D eigenvalue weighted by Gasteiger charge is 2.12. The van der Waals surface area contributed by atoms with Crippen molar-refractivity contribution in [1.82, 2.24) is 14.5 Å². The molecule has 0 aliphatic carbocycles. The van der Waals surface area contributed by atoms with E-state index in [4.69, 9.17) is 0 Å². The van der Waals surface area contributed by atoms with Gasteiger partial charge in [0.05, 0.1) is 11.4 Å². The van der Waals surface area contributed by atoms with Gasteiger partial charge in [0.25, 0.3) is 0 Å². The van der Waals surface area contributed by atoms with Gasteiger partial charge in [-0.2, -0.15) is 5.10 Å². The first-order valence-electron chi connectivity index (χ1n) is 6.93. The molecule has 0 atom stereocenters. The minimum atomic E-state index is -3.47. The smallest absolute Gasteiger partial charge is 0.240 e. The second kappa shape index (κ2) is 7.24. The van der Waals surface area contributed by atoms with Crippen molar-refractivity contribution < 1.29 is 8.42 Å². The second-order valence-corrected chi connectivity index (χ2v) is 6.39. The molecule has 21 heavy (non-hydrogen) atoms. The number of rotatable bonds is 8. The average molecular weight is 308 g/mol. The fraction of sp³-hybridized carbons (Fsp3) is 0.357. The Labute approximate surface area is 125 Å². The van der Waals surface area contributed by atoms with Crippen molar-refractivity contribution in [3.63, 3.8) is 0 Å². The molecule has 0 aliphatic heterocycles. The number of hydrogen-bond donors (Lipinski definition) is 2. The first-order valence-corrected chi connectivity index (χ1v) is 8.41. The van der Waals surface area contributed by atoms with Crippen LogP contribution in [0.15, 0.2) is 47.6 Å². The van der Waals surface area contributed by atoms with E-state index in [1.807, 2.05) is 0 Å². The molecule has 0 saturated carbocycles. The highest BCUT2D eigenvalue weighted by molar-refractivity contribution is 7.89. The van der Waals surface area contributed by atoms with Crippen molar-refractivity contribution in [1.29, 1.82) is 0 Å². The molecule has 2 rings (SSSR count). The number of nitrogens with one attached hydrogen (secondary N) is 2. The van der Waals surface area contributed by atoms with Crippen LogP contribution in [0.2, 0.25) is 0 Å². The van der Waals surface area contributed by atoms with Crippen molar-refractivity contribution >= 4 is 15.7 Å². The molecule has 2 aromatic rings. The van der Waals surface area contributed by atoms with E-state index < -0.39 is 10.0 Å². The van der Waals surface area contributed by atoms with E-state index in [9.17, 15) is 8.42 Å². The summed E-state index contributed by atoms with van der Waals surface area (Å²) >= 11 is 0. The average Bonchev–Trinajstić information content (AvgIpc) is 2.98. The van der Waals surface area contributed by atoms with Gasteiger partial charge in [-0.3, -0.25) is 4.68 Å². The number of sulfonamides is 1. The summed E-state index contributed by atoms with van der Waals surface area (Å²) in [7, 11) is -3.47. The van der Waals surface area contributed by atoms with Crippen LogP contribution in [0.25, 0.3) is 0 Å². The van der Waals surface area contributed by atoms with Gasteiger partial charge in [-0.1, -0.05) is 6.92 Å². The molecule has 0 amide bonds. The minimum Gasteiger partial charge on any atom is -0.385 e. The predicted molar refractivity (Wildman–Crippen MR) is 82.6 cm³/mol. The van der Waals surface area contributed by atoms with Gasteiger partial charge in [-0.15, -0.1) is 0 Å². The number of anilines is 1. The topological polar surface area (TPSA) is 76.0 Å². The van der Waals surface area contributed by atoms with Crippen molar-refractivity contribution in [2.24, 2.45) is 0 Å². The Bertz CT molecular complexity index is 636. The third-order valence-corrected chi connectivity index (χ3v) is 4.41. The molecule has 0 saturated heterocycles. The third-order valence-electron chi connectivity index (χ3n) is 2.94. The van der Waals surface area contributed by atoms with Crippen LogP contribution >= 0.6 is 0 Å². The van der Waals surface area contributed by atoms with Gasteiger partial charge in [0.15, 0.2) is 0 Å². The maximum absolute atomic E-state index is 12.1. The molecule has 1 aromatic carbocycles. The Hall–Kier alpha value is -1.86. The van der Waals surface area contributed by atoms with E-state index in [-0.39, 0.29) is 4.90 Å². The molecule has 7 heteroatoms. The van der Waals surface area contributed by atoms with E-state index in [2.05, 4.69) is 22.1 Å². The van der Waals surface area contributed by atoms with Crippen molar-refractivity contribution in [3.05, 3.63) is 42.7 Å². The lowest BCUT2D eigenvalue weighted by Crippen LogP contribution is -2.27. The predicted octanol–water partition coefficient (Wildman–Crippen LogP) is 1.68. The van der Waals surface area contributed by atoms with Crippen LogP contribution < -0.4 is 10.0 Å². The van der Waals surface area contributed by atoms with E-state index in [1.54, 1.807) is 47.4 Å².